The van der Waals surface area contributed by atoms with Gasteiger partial charge in [-0.15, -0.1) is 0 Å². The number of hydrogen-bond donors (Lipinski definition) is 0. The third-order valence-electron chi connectivity index (χ3n) is 2.07. The summed E-state index contributed by atoms with van der Waals surface area (Å²) in [5, 5.41) is 1.20. The second-order valence-corrected chi connectivity index (χ2v) is 3.78. The lowest BCUT2D eigenvalue weighted by Gasteiger charge is -1.99. The first-order valence-corrected chi connectivity index (χ1v) is 5.74. The number of halogens is 1. The lowest BCUT2D eigenvalue weighted by molar-refractivity contribution is 1.15. The van der Waals surface area contributed by atoms with Gasteiger partial charge in [0.2, 0.25) is 0 Å². The molecule has 0 fully saturated rings. The number of rotatable bonds is 2. The minimum absolute atomic E-state index is 0.910. The maximum atomic E-state index is 4.56. The highest BCUT2D eigenvalue weighted by Crippen LogP contribution is 2.12. The normalized spacial score (nSPS) is 11.2. The Bertz CT molecular complexity index is 463. The van der Waals surface area contributed by atoms with Crippen LogP contribution in [0.25, 0.3) is 10.9 Å². The number of aromatic nitrogens is 1. The molecule has 0 saturated carbocycles. The number of fused-ring (bicyclic) bond motifs is 1. The van der Waals surface area contributed by atoms with Gasteiger partial charge in [0, 0.05) is 17.5 Å². The summed E-state index contributed by atoms with van der Waals surface area (Å²) in [7, 11) is 0. The summed E-state index contributed by atoms with van der Waals surface area (Å²) in [4.78, 5) is 4.56. The Morgan fingerprint density at radius 3 is 2.86 bits per heavy atom. The van der Waals surface area contributed by atoms with Gasteiger partial charge in [0.1, 0.15) is 0 Å². The zero-order chi connectivity index (χ0) is 9.80. The second kappa shape index (κ2) is 4.55. The zero-order valence-corrected chi connectivity index (χ0v) is 9.81. The van der Waals surface area contributed by atoms with E-state index in [1.165, 1.54) is 5.39 Å². The highest BCUT2D eigenvalue weighted by Gasteiger charge is 1.95. The zero-order valence-electron chi connectivity index (χ0n) is 7.65. The smallest absolute Gasteiger partial charge is 0.0705 e. The lowest BCUT2D eigenvalue weighted by Crippen LogP contribution is -1.87. The molecule has 2 aromatic rings. The second-order valence-electron chi connectivity index (χ2n) is 3.06. The Morgan fingerprint density at radius 2 is 2.00 bits per heavy atom. The van der Waals surface area contributed by atoms with Crippen molar-refractivity contribution in [2.24, 2.45) is 0 Å². The standard InChI is InChI=1S/C12H10IN/c13-9-3-5-11-8-7-10-4-1-2-6-12(10)14-11/h1-4,6-9H,5H2/b9-3+. The molecule has 0 saturated heterocycles. The molecule has 0 aliphatic heterocycles. The molecule has 0 amide bonds. The van der Waals surface area contributed by atoms with E-state index >= 15 is 0 Å². The van der Waals surface area contributed by atoms with E-state index in [0.29, 0.717) is 0 Å². The summed E-state index contributed by atoms with van der Waals surface area (Å²) in [6, 6.07) is 12.4. The van der Waals surface area contributed by atoms with E-state index in [1.54, 1.807) is 0 Å². The SMILES string of the molecule is I/C=C/Cc1ccc2ccccc2n1. The number of pyridine rings is 1. The quantitative estimate of drug-likeness (QED) is 0.769. The fraction of sp³-hybridized carbons (Fsp3) is 0.0833. The molecule has 0 unspecified atom stereocenters. The van der Waals surface area contributed by atoms with Crippen LogP contribution in [0.4, 0.5) is 0 Å². The van der Waals surface area contributed by atoms with Crippen molar-refractivity contribution >= 4 is 33.5 Å². The molecule has 2 heteroatoms. The highest BCUT2D eigenvalue weighted by molar-refractivity contribution is 14.1. The third kappa shape index (κ3) is 2.12. The Morgan fingerprint density at radius 1 is 1.14 bits per heavy atom. The molecule has 0 aliphatic rings. The molecule has 70 valence electrons. The van der Waals surface area contributed by atoms with Crippen LogP contribution in [0.1, 0.15) is 5.69 Å². The van der Waals surface area contributed by atoms with E-state index < -0.39 is 0 Å². The molecule has 0 radical (unpaired) electrons. The van der Waals surface area contributed by atoms with Gasteiger partial charge in [0.15, 0.2) is 0 Å². The third-order valence-corrected chi connectivity index (χ3v) is 2.58. The van der Waals surface area contributed by atoms with E-state index in [0.717, 1.165) is 17.6 Å². The largest absolute Gasteiger partial charge is 0.253 e. The van der Waals surface area contributed by atoms with Gasteiger partial charge in [-0.3, -0.25) is 4.98 Å². The summed E-state index contributed by atoms with van der Waals surface area (Å²) in [5.74, 6) is 0. The van der Waals surface area contributed by atoms with Crippen LogP contribution >= 0.6 is 22.6 Å². The van der Waals surface area contributed by atoms with Crippen LogP contribution in [0.5, 0.6) is 0 Å². The maximum Gasteiger partial charge on any atom is 0.0705 e. The summed E-state index contributed by atoms with van der Waals surface area (Å²) in [5.41, 5.74) is 2.20. The van der Waals surface area contributed by atoms with Crippen molar-refractivity contribution in [2.45, 2.75) is 6.42 Å². The fourth-order valence-corrected chi connectivity index (χ4v) is 1.64. The number of nitrogens with zero attached hydrogens (tertiary/aromatic N) is 1. The minimum atomic E-state index is 0.910. The summed E-state index contributed by atoms with van der Waals surface area (Å²) >= 11 is 2.22. The highest BCUT2D eigenvalue weighted by atomic mass is 127. The number of hydrogen-bond acceptors (Lipinski definition) is 1. The first-order chi connectivity index (χ1) is 6.90. The van der Waals surface area contributed by atoms with Gasteiger partial charge in [0.25, 0.3) is 0 Å². The Balaban J connectivity index is 2.41. The predicted octanol–water partition coefficient (Wildman–Crippen LogP) is 3.73. The van der Waals surface area contributed by atoms with Gasteiger partial charge >= 0.3 is 0 Å². The molecule has 0 N–H and O–H groups in total. The molecule has 0 bridgehead atoms. The number of benzene rings is 1. The molecule has 0 aliphatic carbocycles. The van der Waals surface area contributed by atoms with Crippen LogP contribution < -0.4 is 0 Å². The van der Waals surface area contributed by atoms with Gasteiger partial charge in [0.05, 0.1) is 5.52 Å². The van der Waals surface area contributed by atoms with Crippen LogP contribution in [-0.2, 0) is 6.42 Å². The van der Waals surface area contributed by atoms with Crippen LogP contribution in [0, 0.1) is 0 Å². The van der Waals surface area contributed by atoms with E-state index in [-0.39, 0.29) is 0 Å². The van der Waals surface area contributed by atoms with Gasteiger partial charge in [-0.2, -0.15) is 0 Å². The summed E-state index contributed by atoms with van der Waals surface area (Å²) in [6.07, 6.45) is 3.02. The van der Waals surface area contributed by atoms with E-state index in [4.69, 9.17) is 0 Å². The monoisotopic (exact) mass is 295 g/mol. The lowest BCUT2D eigenvalue weighted by atomic mass is 10.2. The molecule has 1 aromatic heterocycles. The van der Waals surface area contributed by atoms with E-state index in [2.05, 4.69) is 51.8 Å². The van der Waals surface area contributed by atoms with E-state index in [1.807, 2.05) is 22.3 Å². The average molecular weight is 295 g/mol. The number of allylic oxidation sites excluding steroid dienone is 1. The van der Waals surface area contributed by atoms with Gasteiger partial charge in [-0.1, -0.05) is 52.9 Å². The van der Waals surface area contributed by atoms with Gasteiger partial charge < -0.3 is 0 Å². The Hall–Kier alpha value is -0.900. The predicted molar refractivity (Wildman–Crippen MR) is 68.6 cm³/mol. The first kappa shape index (κ1) is 9.65. The molecule has 1 nitrogen and oxygen atoms in total. The molecule has 1 heterocycles. The molecular weight excluding hydrogens is 285 g/mol. The van der Waals surface area contributed by atoms with E-state index in [9.17, 15) is 0 Å². The van der Waals surface area contributed by atoms with Crippen LogP contribution in [0.2, 0.25) is 0 Å². The fourth-order valence-electron chi connectivity index (χ4n) is 1.39. The van der Waals surface area contributed by atoms with Gasteiger partial charge in [-0.05, 0) is 16.2 Å². The molecule has 14 heavy (non-hydrogen) atoms. The molecule has 2 rings (SSSR count). The van der Waals surface area contributed by atoms with Crippen molar-refractivity contribution in [2.75, 3.05) is 0 Å². The first-order valence-electron chi connectivity index (χ1n) is 4.50. The summed E-state index contributed by atoms with van der Waals surface area (Å²) < 4.78 is 2.02. The van der Waals surface area contributed by atoms with Crippen molar-refractivity contribution in [3.8, 4) is 0 Å². The minimum Gasteiger partial charge on any atom is -0.253 e. The van der Waals surface area contributed by atoms with Crippen LogP contribution in [0.15, 0.2) is 46.6 Å². The topological polar surface area (TPSA) is 12.9 Å². The van der Waals surface area contributed by atoms with Crippen LogP contribution in [-0.4, -0.2) is 4.98 Å². The molecule has 0 atom stereocenters. The number of para-hydroxylation sites is 1. The van der Waals surface area contributed by atoms with Crippen molar-refractivity contribution in [1.29, 1.82) is 0 Å². The molecule has 1 aromatic carbocycles. The van der Waals surface area contributed by atoms with Crippen LogP contribution in [0.3, 0.4) is 0 Å². The Kier molecular flexibility index (Phi) is 3.14. The van der Waals surface area contributed by atoms with Gasteiger partial charge in [-0.25, -0.2) is 0 Å². The maximum absolute atomic E-state index is 4.56. The molecular formula is C12H10IN. The average Bonchev–Trinajstić information content (AvgIpc) is 2.26. The Labute approximate surface area is 97.0 Å². The molecule has 0 spiro atoms. The van der Waals surface area contributed by atoms with Crippen molar-refractivity contribution in [3.63, 3.8) is 0 Å². The van der Waals surface area contributed by atoms with Crippen molar-refractivity contribution in [3.05, 3.63) is 52.3 Å². The van der Waals surface area contributed by atoms with Crippen molar-refractivity contribution in [1.82, 2.24) is 4.98 Å². The van der Waals surface area contributed by atoms with Crippen molar-refractivity contribution < 1.29 is 0 Å². The summed E-state index contributed by atoms with van der Waals surface area (Å²) in [6.45, 7) is 0.